The summed E-state index contributed by atoms with van der Waals surface area (Å²) in [6.45, 7) is 0.937. The molecule has 20 heavy (non-hydrogen) atoms. The summed E-state index contributed by atoms with van der Waals surface area (Å²) in [5.41, 5.74) is -0.609. The largest absolute Gasteiger partial charge is 0.381 e. The summed E-state index contributed by atoms with van der Waals surface area (Å²) in [7, 11) is -2.08. The second-order valence-electron chi connectivity index (χ2n) is 5.61. The molecule has 1 amide bonds. The van der Waals surface area contributed by atoms with Crippen molar-refractivity contribution in [2.45, 2.75) is 24.5 Å². The number of halogens is 1. The molecule has 1 atom stereocenters. The van der Waals surface area contributed by atoms with Gasteiger partial charge in [0.05, 0.1) is 6.67 Å². The van der Waals surface area contributed by atoms with Gasteiger partial charge in [-0.1, -0.05) is 0 Å². The van der Waals surface area contributed by atoms with Crippen LogP contribution in [0.5, 0.6) is 0 Å². The predicted octanol–water partition coefficient (Wildman–Crippen LogP) is -0.0972. The second-order valence-corrected chi connectivity index (χ2v) is 7.83. The zero-order chi connectivity index (χ0) is 14.8. The normalized spacial score (nSPS) is 29.2. The molecule has 0 bridgehead atoms. The lowest BCUT2D eigenvalue weighted by molar-refractivity contribution is -0.121. The van der Waals surface area contributed by atoms with Gasteiger partial charge in [0.1, 0.15) is 0 Å². The third kappa shape index (κ3) is 2.96. The van der Waals surface area contributed by atoms with Gasteiger partial charge in [0.15, 0.2) is 5.25 Å². The number of nitrogens with zero attached hydrogens (tertiary/aromatic N) is 1. The topological polar surface area (TPSA) is 75.7 Å². The number of hydrogen-bond acceptors (Lipinski definition) is 4. The molecular weight excluding hydrogens is 287 g/mol. The fourth-order valence-electron chi connectivity index (χ4n) is 2.61. The van der Waals surface area contributed by atoms with Crippen LogP contribution in [0.2, 0.25) is 0 Å². The Morgan fingerprint density at radius 3 is 2.60 bits per heavy atom. The van der Waals surface area contributed by atoms with Gasteiger partial charge in [-0.15, -0.1) is 0 Å². The van der Waals surface area contributed by atoms with Crippen LogP contribution in [0.3, 0.4) is 0 Å². The summed E-state index contributed by atoms with van der Waals surface area (Å²) in [5, 5.41) is 1.58. The van der Waals surface area contributed by atoms with Crippen LogP contribution in [-0.4, -0.2) is 63.9 Å². The summed E-state index contributed by atoms with van der Waals surface area (Å²) in [5.74, 6) is -0.520. The molecule has 0 aromatic rings. The van der Waals surface area contributed by atoms with Gasteiger partial charge in [0.25, 0.3) is 0 Å². The van der Waals surface area contributed by atoms with E-state index in [0.29, 0.717) is 32.6 Å². The van der Waals surface area contributed by atoms with E-state index in [0.717, 1.165) is 0 Å². The number of sulfonamides is 1. The second kappa shape index (κ2) is 5.95. The molecule has 8 heteroatoms. The lowest BCUT2D eigenvalue weighted by atomic mass is 9.81. The number of carbonyl (C=O) groups excluding carboxylic acids is 1. The van der Waals surface area contributed by atoms with Crippen LogP contribution in [0.15, 0.2) is 0 Å². The van der Waals surface area contributed by atoms with Gasteiger partial charge in [-0.05, 0) is 19.3 Å². The van der Waals surface area contributed by atoms with Gasteiger partial charge >= 0.3 is 0 Å². The van der Waals surface area contributed by atoms with Gasteiger partial charge < -0.3 is 10.1 Å². The lowest BCUT2D eigenvalue weighted by Gasteiger charge is -2.34. The molecule has 2 aliphatic rings. The molecule has 2 saturated heterocycles. The molecule has 2 heterocycles. The highest BCUT2D eigenvalue weighted by molar-refractivity contribution is 7.90. The molecule has 0 aromatic carbocycles. The Morgan fingerprint density at radius 2 is 2.10 bits per heavy atom. The molecule has 1 unspecified atom stereocenters. The summed E-state index contributed by atoms with van der Waals surface area (Å²) in [6.07, 6.45) is 1.37. The molecule has 2 fully saturated rings. The number of ether oxygens (including phenoxy) is 1. The minimum Gasteiger partial charge on any atom is -0.381 e. The van der Waals surface area contributed by atoms with Crippen LogP contribution in [-0.2, 0) is 19.6 Å². The molecule has 2 aliphatic heterocycles. The molecule has 116 valence electrons. The van der Waals surface area contributed by atoms with E-state index in [-0.39, 0.29) is 13.0 Å². The number of alkyl halides is 1. The Hall–Kier alpha value is -0.730. The fraction of sp³-hybridized carbons (Fsp3) is 0.917. The fourth-order valence-corrected chi connectivity index (χ4v) is 4.16. The number of nitrogens with one attached hydrogen (secondary N) is 1. The molecule has 0 radical (unpaired) electrons. The van der Waals surface area contributed by atoms with E-state index < -0.39 is 33.3 Å². The summed E-state index contributed by atoms with van der Waals surface area (Å²) >= 11 is 0. The number of rotatable bonds is 4. The van der Waals surface area contributed by atoms with E-state index in [1.807, 2.05) is 0 Å². The average Bonchev–Trinajstić information content (AvgIpc) is 2.72. The first-order chi connectivity index (χ1) is 9.41. The first-order valence-electron chi connectivity index (χ1n) is 6.78. The first-order valence-corrected chi connectivity index (χ1v) is 8.28. The van der Waals surface area contributed by atoms with Gasteiger partial charge in [0, 0.05) is 38.8 Å². The summed E-state index contributed by atoms with van der Waals surface area (Å²) in [6, 6.07) is 0. The third-order valence-electron chi connectivity index (χ3n) is 4.27. The molecule has 0 saturated carbocycles. The van der Waals surface area contributed by atoms with Crippen LogP contribution in [0.25, 0.3) is 0 Å². The van der Waals surface area contributed by atoms with Crippen LogP contribution in [0.1, 0.15) is 19.3 Å². The Labute approximate surface area is 118 Å². The maximum Gasteiger partial charge on any atom is 0.239 e. The monoisotopic (exact) mass is 308 g/mol. The standard InChI is InChI=1S/C12H21FN2O4S/c1-15-5-2-10(20(15,17)18)11(16)14-9-12(8-13)3-6-19-7-4-12/h10H,2-9H2,1H3,(H,14,16). The van der Waals surface area contributed by atoms with Crippen LogP contribution in [0, 0.1) is 5.41 Å². The lowest BCUT2D eigenvalue weighted by Crippen LogP contribution is -2.47. The Kier molecular flexibility index (Phi) is 4.66. The predicted molar refractivity (Wildman–Crippen MR) is 71.4 cm³/mol. The van der Waals surface area contributed by atoms with Crippen molar-refractivity contribution in [3.8, 4) is 0 Å². The van der Waals surface area contributed by atoms with E-state index in [1.165, 1.54) is 11.4 Å². The van der Waals surface area contributed by atoms with Gasteiger partial charge in [-0.25, -0.2) is 12.7 Å². The number of amides is 1. The zero-order valence-electron chi connectivity index (χ0n) is 11.6. The van der Waals surface area contributed by atoms with Gasteiger partial charge in [-0.3, -0.25) is 9.18 Å². The smallest absolute Gasteiger partial charge is 0.239 e. The zero-order valence-corrected chi connectivity index (χ0v) is 12.4. The van der Waals surface area contributed by atoms with Crippen molar-refractivity contribution in [2.75, 3.05) is 40.0 Å². The van der Waals surface area contributed by atoms with Crippen molar-refractivity contribution < 1.29 is 22.3 Å². The summed E-state index contributed by atoms with van der Waals surface area (Å²) in [4.78, 5) is 12.0. The van der Waals surface area contributed by atoms with Crippen molar-refractivity contribution in [1.82, 2.24) is 9.62 Å². The van der Waals surface area contributed by atoms with Crippen LogP contribution in [0.4, 0.5) is 4.39 Å². The van der Waals surface area contributed by atoms with Crippen molar-refractivity contribution in [2.24, 2.45) is 5.41 Å². The molecule has 6 nitrogen and oxygen atoms in total. The summed E-state index contributed by atoms with van der Waals surface area (Å²) < 4.78 is 43.4. The van der Waals surface area contributed by atoms with E-state index in [2.05, 4.69) is 5.32 Å². The molecule has 0 spiro atoms. The maximum atomic E-state index is 13.2. The van der Waals surface area contributed by atoms with E-state index in [9.17, 15) is 17.6 Å². The minimum absolute atomic E-state index is 0.168. The highest BCUT2D eigenvalue weighted by Crippen LogP contribution is 2.30. The van der Waals surface area contributed by atoms with Crippen LogP contribution >= 0.6 is 0 Å². The number of hydrogen-bond donors (Lipinski definition) is 1. The molecule has 0 aliphatic carbocycles. The van der Waals surface area contributed by atoms with E-state index >= 15 is 0 Å². The van der Waals surface area contributed by atoms with E-state index in [4.69, 9.17) is 4.74 Å². The Morgan fingerprint density at radius 1 is 1.45 bits per heavy atom. The minimum atomic E-state index is -3.54. The highest BCUT2D eigenvalue weighted by atomic mass is 32.2. The highest BCUT2D eigenvalue weighted by Gasteiger charge is 2.42. The average molecular weight is 308 g/mol. The first kappa shape index (κ1) is 15.7. The van der Waals surface area contributed by atoms with Crippen molar-refractivity contribution in [3.05, 3.63) is 0 Å². The SMILES string of the molecule is CN1CCC(C(=O)NCC2(CF)CCOCC2)S1(=O)=O. The van der Waals surface area contributed by atoms with Gasteiger partial charge in [-0.2, -0.15) is 0 Å². The Bertz CT molecular complexity index is 462. The van der Waals surface area contributed by atoms with Crippen molar-refractivity contribution >= 4 is 15.9 Å². The van der Waals surface area contributed by atoms with Crippen molar-refractivity contribution in [3.63, 3.8) is 0 Å². The molecule has 2 rings (SSSR count). The molecule has 0 aromatic heterocycles. The van der Waals surface area contributed by atoms with Crippen molar-refractivity contribution in [1.29, 1.82) is 0 Å². The Balaban J connectivity index is 1.95. The third-order valence-corrected chi connectivity index (χ3v) is 6.49. The molecule has 1 N–H and O–H groups in total. The maximum absolute atomic E-state index is 13.2. The number of carbonyl (C=O) groups is 1. The van der Waals surface area contributed by atoms with E-state index in [1.54, 1.807) is 0 Å². The van der Waals surface area contributed by atoms with Gasteiger partial charge in [0.2, 0.25) is 15.9 Å². The quantitative estimate of drug-likeness (QED) is 0.787. The molecular formula is C12H21FN2O4S. The van der Waals surface area contributed by atoms with Crippen LogP contribution < -0.4 is 5.32 Å².